The van der Waals surface area contributed by atoms with Gasteiger partial charge in [-0.3, -0.25) is 9.59 Å². The number of nitrogens with one attached hydrogen (secondary N) is 2. The monoisotopic (exact) mass is 319 g/mol. The molecule has 0 aliphatic carbocycles. The van der Waals surface area contributed by atoms with Crippen LogP contribution in [-0.2, 0) is 16.0 Å². The minimum atomic E-state index is -0.899. The van der Waals surface area contributed by atoms with Gasteiger partial charge in [-0.1, -0.05) is 12.1 Å². The zero-order chi connectivity index (χ0) is 17.0. The number of carbonyl (C=O) groups is 3. The first-order chi connectivity index (χ1) is 10.8. The van der Waals surface area contributed by atoms with Gasteiger partial charge in [0.15, 0.2) is 0 Å². The molecule has 1 saturated heterocycles. The number of carboxylic acid groups (broad SMARTS) is 1. The molecule has 1 aliphatic rings. The van der Waals surface area contributed by atoms with Gasteiger partial charge in [0.05, 0.1) is 12.5 Å². The highest BCUT2D eigenvalue weighted by atomic mass is 16.4. The van der Waals surface area contributed by atoms with Gasteiger partial charge in [0.1, 0.15) is 0 Å². The van der Waals surface area contributed by atoms with Crippen molar-refractivity contribution in [3.05, 3.63) is 29.8 Å². The van der Waals surface area contributed by atoms with Gasteiger partial charge < -0.3 is 20.6 Å². The fourth-order valence-electron chi connectivity index (χ4n) is 2.56. The van der Waals surface area contributed by atoms with Gasteiger partial charge in [-0.2, -0.15) is 0 Å². The summed E-state index contributed by atoms with van der Waals surface area (Å²) in [7, 11) is 0. The summed E-state index contributed by atoms with van der Waals surface area (Å²) in [5.41, 5.74) is 1.24. The molecule has 7 heteroatoms. The maximum absolute atomic E-state index is 12.0. The molecule has 0 spiro atoms. The molecule has 3 N–H and O–H groups in total. The zero-order valence-electron chi connectivity index (χ0n) is 13.2. The molecule has 1 aromatic rings. The SMILES string of the molecule is CC(C)N1CC(NC(=O)Nc2ccc(CC(=O)O)cc2)CC1=O. The Morgan fingerprint density at radius 2 is 1.96 bits per heavy atom. The van der Waals surface area contributed by atoms with Gasteiger partial charge in [0, 0.05) is 24.7 Å². The van der Waals surface area contributed by atoms with E-state index in [1.807, 2.05) is 13.8 Å². The molecule has 23 heavy (non-hydrogen) atoms. The molecule has 2 rings (SSSR count). The molecular formula is C16H21N3O4. The van der Waals surface area contributed by atoms with Gasteiger partial charge in [0.2, 0.25) is 5.91 Å². The Hall–Kier alpha value is -2.57. The first-order valence-corrected chi connectivity index (χ1v) is 7.53. The van der Waals surface area contributed by atoms with Crippen LogP contribution in [0.15, 0.2) is 24.3 Å². The number of aliphatic carboxylic acids is 1. The highest BCUT2D eigenvalue weighted by molar-refractivity contribution is 5.90. The minimum Gasteiger partial charge on any atom is -0.481 e. The Balaban J connectivity index is 1.85. The lowest BCUT2D eigenvalue weighted by Gasteiger charge is -2.21. The predicted molar refractivity (Wildman–Crippen MR) is 85.2 cm³/mol. The average molecular weight is 319 g/mol. The number of anilines is 1. The van der Waals surface area contributed by atoms with Crippen molar-refractivity contribution in [3.63, 3.8) is 0 Å². The van der Waals surface area contributed by atoms with Gasteiger partial charge >= 0.3 is 12.0 Å². The third-order valence-corrected chi connectivity index (χ3v) is 3.68. The van der Waals surface area contributed by atoms with E-state index in [-0.39, 0.29) is 30.4 Å². The van der Waals surface area contributed by atoms with Crippen LogP contribution in [0.2, 0.25) is 0 Å². The summed E-state index contributed by atoms with van der Waals surface area (Å²) in [6.07, 6.45) is 0.255. The lowest BCUT2D eigenvalue weighted by Crippen LogP contribution is -2.40. The van der Waals surface area contributed by atoms with E-state index in [2.05, 4.69) is 10.6 Å². The van der Waals surface area contributed by atoms with Crippen LogP contribution >= 0.6 is 0 Å². The molecule has 7 nitrogen and oxygen atoms in total. The van der Waals surface area contributed by atoms with E-state index in [1.165, 1.54) is 0 Å². The number of carboxylic acids is 1. The van der Waals surface area contributed by atoms with Crippen molar-refractivity contribution in [2.24, 2.45) is 0 Å². The molecule has 1 aliphatic heterocycles. The molecule has 124 valence electrons. The number of hydrogen-bond donors (Lipinski definition) is 3. The van der Waals surface area contributed by atoms with Crippen LogP contribution in [0.3, 0.4) is 0 Å². The molecule has 0 bridgehead atoms. The number of amides is 3. The number of carbonyl (C=O) groups excluding carboxylic acids is 2. The quantitative estimate of drug-likeness (QED) is 0.765. The van der Waals surface area contributed by atoms with Gasteiger partial charge in [-0.05, 0) is 31.5 Å². The largest absolute Gasteiger partial charge is 0.481 e. The number of hydrogen-bond acceptors (Lipinski definition) is 3. The topological polar surface area (TPSA) is 98.7 Å². The lowest BCUT2D eigenvalue weighted by atomic mass is 10.1. The molecule has 1 heterocycles. The second kappa shape index (κ2) is 7.13. The van der Waals surface area contributed by atoms with Crippen LogP contribution in [0, 0.1) is 0 Å². The first-order valence-electron chi connectivity index (χ1n) is 7.53. The van der Waals surface area contributed by atoms with E-state index in [9.17, 15) is 14.4 Å². The van der Waals surface area contributed by atoms with E-state index >= 15 is 0 Å². The Bertz CT molecular complexity index is 598. The van der Waals surface area contributed by atoms with E-state index in [0.29, 0.717) is 24.2 Å². The molecule has 1 atom stereocenters. The smallest absolute Gasteiger partial charge is 0.319 e. The molecule has 0 aromatic heterocycles. The zero-order valence-corrected chi connectivity index (χ0v) is 13.2. The van der Waals surface area contributed by atoms with E-state index in [0.717, 1.165) is 0 Å². The summed E-state index contributed by atoms with van der Waals surface area (Å²) < 4.78 is 0. The summed E-state index contributed by atoms with van der Waals surface area (Å²) >= 11 is 0. The number of benzene rings is 1. The lowest BCUT2D eigenvalue weighted by molar-refractivity contribution is -0.136. The van der Waals surface area contributed by atoms with Gasteiger partial charge in [-0.15, -0.1) is 0 Å². The number of urea groups is 1. The molecule has 1 fully saturated rings. The standard InChI is InChI=1S/C16H21N3O4/c1-10(2)19-9-13(8-14(19)20)18-16(23)17-12-5-3-11(4-6-12)7-15(21)22/h3-6,10,13H,7-9H2,1-2H3,(H,21,22)(H2,17,18,23). The third-order valence-electron chi connectivity index (χ3n) is 3.68. The second-order valence-corrected chi connectivity index (χ2v) is 5.91. The van der Waals surface area contributed by atoms with Crippen LogP contribution in [0.25, 0.3) is 0 Å². The van der Waals surface area contributed by atoms with Crippen LogP contribution in [0.5, 0.6) is 0 Å². The molecule has 1 aromatic carbocycles. The highest BCUT2D eigenvalue weighted by Crippen LogP contribution is 2.15. The van der Waals surface area contributed by atoms with E-state index < -0.39 is 5.97 Å². The Kier molecular flexibility index (Phi) is 5.20. The normalized spacial score (nSPS) is 17.4. The maximum Gasteiger partial charge on any atom is 0.319 e. The molecule has 1 unspecified atom stereocenters. The fraction of sp³-hybridized carbons (Fsp3) is 0.438. The fourth-order valence-corrected chi connectivity index (χ4v) is 2.56. The Labute approximate surface area is 134 Å². The van der Waals surface area contributed by atoms with Crippen molar-refractivity contribution in [1.29, 1.82) is 0 Å². The van der Waals surface area contributed by atoms with Crippen LogP contribution < -0.4 is 10.6 Å². The minimum absolute atomic E-state index is 0.0447. The molecule has 3 amide bonds. The van der Waals surface area contributed by atoms with Crippen molar-refractivity contribution in [1.82, 2.24) is 10.2 Å². The van der Waals surface area contributed by atoms with Crippen LogP contribution in [0.4, 0.5) is 10.5 Å². The van der Waals surface area contributed by atoms with Gasteiger partial charge in [0.25, 0.3) is 0 Å². The summed E-state index contributed by atoms with van der Waals surface area (Å²) in [5.74, 6) is -0.854. The van der Waals surface area contributed by atoms with E-state index in [4.69, 9.17) is 5.11 Å². The van der Waals surface area contributed by atoms with Crippen molar-refractivity contribution < 1.29 is 19.5 Å². The van der Waals surface area contributed by atoms with Crippen LogP contribution in [-0.4, -0.2) is 46.5 Å². The third kappa shape index (κ3) is 4.70. The van der Waals surface area contributed by atoms with E-state index in [1.54, 1.807) is 29.2 Å². The summed E-state index contributed by atoms with van der Waals surface area (Å²) in [4.78, 5) is 36.1. The van der Waals surface area contributed by atoms with Gasteiger partial charge in [-0.25, -0.2) is 4.79 Å². The molecule has 0 radical (unpaired) electrons. The summed E-state index contributed by atoms with van der Waals surface area (Å²) in [5, 5.41) is 14.2. The predicted octanol–water partition coefficient (Wildman–Crippen LogP) is 1.44. The number of nitrogens with zero attached hydrogens (tertiary/aromatic N) is 1. The van der Waals surface area contributed by atoms with Crippen molar-refractivity contribution >= 4 is 23.6 Å². The number of rotatable bonds is 5. The molecule has 0 saturated carbocycles. The summed E-state index contributed by atoms with van der Waals surface area (Å²) in [6, 6.07) is 6.16. The maximum atomic E-state index is 12.0. The van der Waals surface area contributed by atoms with Crippen molar-refractivity contribution in [2.45, 2.75) is 38.8 Å². The van der Waals surface area contributed by atoms with Crippen molar-refractivity contribution in [2.75, 3.05) is 11.9 Å². The Morgan fingerprint density at radius 3 is 2.48 bits per heavy atom. The summed E-state index contributed by atoms with van der Waals surface area (Å²) in [6.45, 7) is 4.40. The second-order valence-electron chi connectivity index (χ2n) is 5.91. The average Bonchev–Trinajstić information content (AvgIpc) is 2.81. The van der Waals surface area contributed by atoms with Crippen LogP contribution in [0.1, 0.15) is 25.8 Å². The number of likely N-dealkylation sites (tertiary alicyclic amines) is 1. The highest BCUT2D eigenvalue weighted by Gasteiger charge is 2.31. The molecular weight excluding hydrogens is 298 g/mol. The first kappa shape index (κ1) is 16.8. The Morgan fingerprint density at radius 1 is 1.30 bits per heavy atom. The van der Waals surface area contributed by atoms with Crippen molar-refractivity contribution in [3.8, 4) is 0 Å².